The first-order valence-corrected chi connectivity index (χ1v) is 8.12. The molecule has 0 aliphatic heterocycles. The summed E-state index contributed by atoms with van der Waals surface area (Å²) in [7, 11) is 0. The lowest BCUT2D eigenvalue weighted by Crippen LogP contribution is -2.23. The predicted molar refractivity (Wildman–Crippen MR) is 88.2 cm³/mol. The van der Waals surface area contributed by atoms with Gasteiger partial charge >= 0.3 is 0 Å². The van der Waals surface area contributed by atoms with Gasteiger partial charge in [-0.3, -0.25) is 9.59 Å². The van der Waals surface area contributed by atoms with Gasteiger partial charge in [-0.05, 0) is 38.0 Å². The molecular formula is C17H20N2O2S. The van der Waals surface area contributed by atoms with E-state index < -0.39 is 0 Å². The molecular weight excluding hydrogens is 296 g/mol. The fraction of sp³-hybridized carbons (Fsp3) is 0.353. The van der Waals surface area contributed by atoms with Crippen LogP contribution in [0, 0.1) is 20.8 Å². The summed E-state index contributed by atoms with van der Waals surface area (Å²) in [6.45, 7) is 6.34. The number of benzene rings is 1. The first-order chi connectivity index (χ1) is 10.5. The minimum Gasteiger partial charge on any atom is -0.350 e. The predicted octanol–water partition coefficient (Wildman–Crippen LogP) is 3.35. The van der Waals surface area contributed by atoms with Gasteiger partial charge in [0.25, 0.3) is 0 Å². The Bertz CT molecular complexity index is 692. The summed E-state index contributed by atoms with van der Waals surface area (Å²) in [5.41, 5.74) is 3.78. The van der Waals surface area contributed by atoms with Crippen molar-refractivity contribution in [2.75, 3.05) is 0 Å². The Morgan fingerprint density at radius 2 is 1.91 bits per heavy atom. The normalized spacial score (nSPS) is 10.5. The second-order valence-corrected chi connectivity index (χ2v) is 6.42. The summed E-state index contributed by atoms with van der Waals surface area (Å²) < 4.78 is 0. The third-order valence-corrected chi connectivity index (χ3v) is 4.36. The van der Waals surface area contributed by atoms with Crippen LogP contribution in [-0.2, 0) is 11.3 Å². The zero-order chi connectivity index (χ0) is 16.1. The molecule has 1 aromatic carbocycles. The molecule has 0 saturated carbocycles. The number of amides is 1. The number of nitrogens with one attached hydrogen (secondary N) is 1. The molecule has 0 aliphatic rings. The molecule has 1 heterocycles. The lowest BCUT2D eigenvalue weighted by atomic mass is 10.0. The number of thiazole rings is 1. The Balaban J connectivity index is 1.80. The summed E-state index contributed by atoms with van der Waals surface area (Å²) in [6.07, 6.45) is 0.430. The molecule has 0 aliphatic carbocycles. The molecule has 0 bridgehead atoms. The number of hydrogen-bond donors (Lipinski definition) is 1. The van der Waals surface area contributed by atoms with Crippen molar-refractivity contribution in [2.24, 2.45) is 0 Å². The third-order valence-electron chi connectivity index (χ3n) is 3.54. The Morgan fingerprint density at radius 3 is 2.55 bits per heavy atom. The number of hydrogen-bond acceptors (Lipinski definition) is 4. The minimum atomic E-state index is -0.122. The second-order valence-electron chi connectivity index (χ2n) is 5.36. The summed E-state index contributed by atoms with van der Waals surface area (Å²) in [6, 6.07) is 5.64. The van der Waals surface area contributed by atoms with Crippen LogP contribution < -0.4 is 5.32 Å². The van der Waals surface area contributed by atoms with Crippen LogP contribution >= 0.6 is 11.3 Å². The monoisotopic (exact) mass is 316 g/mol. The van der Waals surface area contributed by atoms with E-state index in [1.165, 1.54) is 0 Å². The number of ketones is 1. The summed E-state index contributed by atoms with van der Waals surface area (Å²) in [4.78, 5) is 28.2. The molecule has 1 aromatic heterocycles. The van der Waals surface area contributed by atoms with E-state index in [2.05, 4.69) is 10.3 Å². The van der Waals surface area contributed by atoms with Crippen LogP contribution in [0.3, 0.4) is 0 Å². The summed E-state index contributed by atoms with van der Waals surface area (Å²) in [5.74, 6) is -0.120. The van der Waals surface area contributed by atoms with Gasteiger partial charge in [-0.2, -0.15) is 0 Å². The molecule has 1 N–H and O–H groups in total. The largest absolute Gasteiger partial charge is 0.350 e. The standard InChI is InChI=1S/C17H20N2O2S/c1-11-4-5-14(8-12(11)2)16(20)6-7-17(21)18-9-15-10-22-13(3)19-15/h4-5,8,10H,6-7,9H2,1-3H3,(H,18,21). The van der Waals surface area contributed by atoms with Crippen LogP contribution in [0.15, 0.2) is 23.6 Å². The molecule has 0 fully saturated rings. The topological polar surface area (TPSA) is 59.1 Å². The van der Waals surface area contributed by atoms with Gasteiger partial charge in [0.2, 0.25) is 5.91 Å². The van der Waals surface area contributed by atoms with Crippen LogP contribution in [0.2, 0.25) is 0 Å². The Morgan fingerprint density at radius 1 is 1.14 bits per heavy atom. The number of carbonyl (C=O) groups is 2. The van der Waals surface area contributed by atoms with E-state index in [9.17, 15) is 9.59 Å². The number of aromatic nitrogens is 1. The third kappa shape index (κ3) is 4.49. The first kappa shape index (κ1) is 16.4. The van der Waals surface area contributed by atoms with Crippen molar-refractivity contribution in [1.29, 1.82) is 0 Å². The van der Waals surface area contributed by atoms with Gasteiger partial charge in [0.05, 0.1) is 17.2 Å². The quantitative estimate of drug-likeness (QED) is 0.831. The van der Waals surface area contributed by atoms with E-state index in [4.69, 9.17) is 0 Å². The van der Waals surface area contributed by atoms with Gasteiger partial charge in [-0.1, -0.05) is 12.1 Å². The van der Waals surface area contributed by atoms with Crippen LogP contribution in [0.1, 0.15) is 45.0 Å². The molecule has 4 nitrogen and oxygen atoms in total. The fourth-order valence-corrected chi connectivity index (χ4v) is 2.67. The second kappa shape index (κ2) is 7.31. The maximum Gasteiger partial charge on any atom is 0.220 e. The highest BCUT2D eigenvalue weighted by Gasteiger charge is 2.10. The highest BCUT2D eigenvalue weighted by atomic mass is 32.1. The molecule has 1 amide bonds. The minimum absolute atomic E-state index is 0.00255. The number of carbonyl (C=O) groups excluding carboxylic acids is 2. The van der Waals surface area contributed by atoms with Crippen LogP contribution in [-0.4, -0.2) is 16.7 Å². The lowest BCUT2D eigenvalue weighted by molar-refractivity contribution is -0.121. The van der Waals surface area contributed by atoms with Crippen molar-refractivity contribution in [2.45, 2.75) is 40.2 Å². The van der Waals surface area contributed by atoms with E-state index in [1.54, 1.807) is 11.3 Å². The molecule has 5 heteroatoms. The van der Waals surface area contributed by atoms with Gasteiger partial charge in [-0.15, -0.1) is 11.3 Å². The van der Waals surface area contributed by atoms with E-state index in [-0.39, 0.29) is 24.5 Å². The number of rotatable bonds is 6. The van der Waals surface area contributed by atoms with Gasteiger partial charge < -0.3 is 5.32 Å². The van der Waals surface area contributed by atoms with Crippen molar-refractivity contribution >= 4 is 23.0 Å². The molecule has 0 saturated heterocycles. The van der Waals surface area contributed by atoms with Crippen molar-refractivity contribution in [3.8, 4) is 0 Å². The molecule has 0 radical (unpaired) electrons. The maximum atomic E-state index is 12.1. The van der Waals surface area contributed by atoms with Gasteiger partial charge in [-0.25, -0.2) is 4.98 Å². The molecule has 116 valence electrons. The molecule has 0 atom stereocenters. The number of nitrogens with zero attached hydrogens (tertiary/aromatic N) is 1. The highest BCUT2D eigenvalue weighted by molar-refractivity contribution is 7.09. The Labute approximate surface area is 134 Å². The average Bonchev–Trinajstić information content (AvgIpc) is 2.91. The molecule has 0 unspecified atom stereocenters. The van der Waals surface area contributed by atoms with Crippen molar-refractivity contribution in [3.63, 3.8) is 0 Å². The van der Waals surface area contributed by atoms with Crippen molar-refractivity contribution in [1.82, 2.24) is 10.3 Å². The van der Waals surface area contributed by atoms with Crippen LogP contribution in [0.5, 0.6) is 0 Å². The van der Waals surface area contributed by atoms with E-state index in [0.29, 0.717) is 12.1 Å². The SMILES string of the molecule is Cc1nc(CNC(=O)CCC(=O)c2ccc(C)c(C)c2)cs1. The number of aryl methyl sites for hydroxylation is 3. The Hall–Kier alpha value is -2.01. The zero-order valence-corrected chi connectivity index (χ0v) is 13.9. The smallest absolute Gasteiger partial charge is 0.220 e. The summed E-state index contributed by atoms with van der Waals surface area (Å²) in [5, 5.41) is 5.70. The Kier molecular flexibility index (Phi) is 5.44. The van der Waals surface area contributed by atoms with E-state index in [0.717, 1.165) is 21.8 Å². The van der Waals surface area contributed by atoms with Crippen LogP contribution in [0.25, 0.3) is 0 Å². The maximum absolute atomic E-state index is 12.1. The number of Topliss-reactive ketones (excluding diaryl/α,β-unsaturated/α-hetero) is 1. The molecule has 2 rings (SSSR count). The van der Waals surface area contributed by atoms with Crippen molar-refractivity contribution in [3.05, 3.63) is 51.0 Å². The van der Waals surface area contributed by atoms with E-state index in [1.807, 2.05) is 44.4 Å². The highest BCUT2D eigenvalue weighted by Crippen LogP contribution is 2.12. The zero-order valence-electron chi connectivity index (χ0n) is 13.1. The lowest BCUT2D eigenvalue weighted by Gasteiger charge is -2.05. The van der Waals surface area contributed by atoms with Gasteiger partial charge in [0.15, 0.2) is 5.78 Å². The first-order valence-electron chi connectivity index (χ1n) is 7.24. The van der Waals surface area contributed by atoms with Gasteiger partial charge in [0, 0.05) is 23.8 Å². The fourth-order valence-electron chi connectivity index (χ4n) is 2.05. The van der Waals surface area contributed by atoms with E-state index >= 15 is 0 Å². The molecule has 2 aromatic rings. The summed E-state index contributed by atoms with van der Waals surface area (Å²) >= 11 is 1.56. The molecule has 0 spiro atoms. The average molecular weight is 316 g/mol. The van der Waals surface area contributed by atoms with Crippen LogP contribution in [0.4, 0.5) is 0 Å². The van der Waals surface area contributed by atoms with Crippen molar-refractivity contribution < 1.29 is 9.59 Å². The van der Waals surface area contributed by atoms with Gasteiger partial charge in [0.1, 0.15) is 0 Å². The molecule has 22 heavy (non-hydrogen) atoms.